The first-order valence-electron chi connectivity index (χ1n) is 14.4. The van der Waals surface area contributed by atoms with E-state index in [1.165, 1.54) is 0 Å². The van der Waals surface area contributed by atoms with Gasteiger partial charge in [0.05, 0.1) is 30.5 Å². The smallest absolute Gasteiger partial charge is 0.410 e. The van der Waals surface area contributed by atoms with E-state index < -0.39 is 12.7 Å². The number of rotatable bonds is 7. The van der Waals surface area contributed by atoms with Gasteiger partial charge < -0.3 is 28.9 Å². The van der Waals surface area contributed by atoms with Crippen LogP contribution in [0.5, 0.6) is 0 Å². The largest absolute Gasteiger partial charge is 0.441 e. The van der Waals surface area contributed by atoms with E-state index in [0.717, 1.165) is 34.4 Å². The van der Waals surface area contributed by atoms with Crippen LogP contribution in [-0.2, 0) is 14.2 Å². The number of likely N-dealkylation sites (tertiary alicyclic amines) is 1. The third-order valence-corrected chi connectivity index (χ3v) is 8.50. The zero-order chi connectivity index (χ0) is 28.5. The van der Waals surface area contributed by atoms with Crippen molar-refractivity contribution < 1.29 is 27.8 Å². The molecule has 1 amide bonds. The Morgan fingerprint density at radius 2 is 1.78 bits per heavy atom. The Bertz CT molecular complexity index is 1340. The molecule has 0 spiro atoms. The highest BCUT2D eigenvalue weighted by molar-refractivity contribution is 5.80. The van der Waals surface area contributed by atoms with Crippen molar-refractivity contribution in [2.75, 3.05) is 57.4 Å². The van der Waals surface area contributed by atoms with E-state index in [0.29, 0.717) is 58.4 Å². The fourth-order valence-electron chi connectivity index (χ4n) is 6.02. The predicted octanol–water partition coefficient (Wildman–Crippen LogP) is 4.46. The molecule has 0 saturated carbocycles. The average molecular weight is 570 g/mol. The van der Waals surface area contributed by atoms with Crippen molar-refractivity contribution in [2.45, 2.75) is 51.0 Å². The number of ether oxygens (including phenoxy) is 3. The highest BCUT2D eigenvalue weighted by Crippen LogP contribution is 2.34. The minimum Gasteiger partial charge on any atom is -0.441 e. The zero-order valence-electron chi connectivity index (χ0n) is 23.5. The molecule has 0 radical (unpaired) electrons. The maximum absolute atomic E-state index is 13.2. The number of carbonyl (C=O) groups is 1. The van der Waals surface area contributed by atoms with Crippen LogP contribution in [0.3, 0.4) is 0 Å². The Balaban J connectivity index is 1.17. The average Bonchev–Trinajstić information content (AvgIpc) is 3.39. The summed E-state index contributed by atoms with van der Waals surface area (Å²) in [6, 6.07) is 12.7. The number of alkyl halides is 2. The highest BCUT2D eigenvalue weighted by atomic mass is 19.3. The predicted molar refractivity (Wildman–Crippen MR) is 150 cm³/mol. The number of piperidine rings is 1. The Morgan fingerprint density at radius 3 is 2.44 bits per heavy atom. The van der Waals surface area contributed by atoms with Gasteiger partial charge in [0, 0.05) is 69.2 Å². The standard InChI is InChI=1S/C30H37F2N5O4/c1-20(2)36-10-8-28(41-29(31)32)25(17-36)22-5-3-21(4-6-22)23-15-27-26(7-9-33-37(27)16-23)34-11-13-35(14-12-34)30(38)40-24-18-39-19-24/h3-7,9,15-16,20,24-25,28-29H,8,10-14,17-19H2,1-2H3/t25-,28+/m0/s1. The van der Waals surface area contributed by atoms with Crippen molar-refractivity contribution in [3.63, 3.8) is 0 Å². The third-order valence-electron chi connectivity index (χ3n) is 8.50. The normalized spacial score (nSPS) is 22.5. The molecule has 2 atom stereocenters. The number of benzene rings is 1. The molecule has 3 aliphatic rings. The lowest BCUT2D eigenvalue weighted by Gasteiger charge is -2.40. The molecule has 3 saturated heterocycles. The summed E-state index contributed by atoms with van der Waals surface area (Å²) < 4.78 is 43.8. The van der Waals surface area contributed by atoms with E-state index in [4.69, 9.17) is 14.2 Å². The summed E-state index contributed by atoms with van der Waals surface area (Å²) in [7, 11) is 0. The molecule has 0 bridgehead atoms. The Morgan fingerprint density at radius 1 is 1.02 bits per heavy atom. The summed E-state index contributed by atoms with van der Waals surface area (Å²) in [5.41, 5.74) is 5.11. The van der Waals surface area contributed by atoms with Crippen molar-refractivity contribution in [3.05, 3.63) is 54.4 Å². The van der Waals surface area contributed by atoms with Gasteiger partial charge in [0.15, 0.2) is 6.10 Å². The van der Waals surface area contributed by atoms with Crippen molar-refractivity contribution in [1.82, 2.24) is 19.4 Å². The van der Waals surface area contributed by atoms with Gasteiger partial charge in [-0.15, -0.1) is 0 Å². The third kappa shape index (κ3) is 6.02. The second-order valence-electron chi connectivity index (χ2n) is 11.3. The fraction of sp³-hybridized carbons (Fsp3) is 0.533. The summed E-state index contributed by atoms with van der Waals surface area (Å²) in [5, 5.41) is 4.53. The van der Waals surface area contributed by atoms with Crippen LogP contribution in [0.2, 0.25) is 0 Å². The Kier molecular flexibility index (Phi) is 8.10. The monoisotopic (exact) mass is 569 g/mol. The molecule has 0 unspecified atom stereocenters. The molecule has 3 aliphatic heterocycles. The van der Waals surface area contributed by atoms with E-state index in [1.807, 2.05) is 28.9 Å². The number of anilines is 1. The zero-order valence-corrected chi connectivity index (χ0v) is 23.5. The molecule has 2 aromatic heterocycles. The van der Waals surface area contributed by atoms with Crippen LogP contribution < -0.4 is 4.90 Å². The van der Waals surface area contributed by atoms with Gasteiger partial charge in [-0.2, -0.15) is 13.9 Å². The number of hydrogen-bond acceptors (Lipinski definition) is 7. The lowest BCUT2D eigenvalue weighted by molar-refractivity contribution is -0.179. The van der Waals surface area contributed by atoms with E-state index in [-0.39, 0.29) is 18.1 Å². The number of halogens is 2. The topological polar surface area (TPSA) is 71.8 Å². The molecule has 41 heavy (non-hydrogen) atoms. The summed E-state index contributed by atoms with van der Waals surface area (Å²) in [6.45, 7) is 6.45. The SMILES string of the molecule is CC(C)N1CC[C@@H](OC(F)F)[C@H](c2ccc(-c3cc4c(N5CCN(C(=O)OC6COC6)CC5)ccnn4c3)cc2)C1. The van der Waals surface area contributed by atoms with Crippen LogP contribution in [0, 0.1) is 0 Å². The van der Waals surface area contributed by atoms with E-state index in [9.17, 15) is 13.6 Å². The lowest BCUT2D eigenvalue weighted by Crippen LogP contribution is -2.51. The van der Waals surface area contributed by atoms with Crippen LogP contribution in [0.25, 0.3) is 16.6 Å². The molecule has 220 valence electrons. The number of amides is 1. The van der Waals surface area contributed by atoms with Crippen molar-refractivity contribution in [3.8, 4) is 11.1 Å². The van der Waals surface area contributed by atoms with Gasteiger partial charge in [-0.3, -0.25) is 0 Å². The number of hydrogen-bond donors (Lipinski definition) is 0. The number of nitrogens with zero attached hydrogens (tertiary/aromatic N) is 5. The van der Waals surface area contributed by atoms with Crippen molar-refractivity contribution in [1.29, 1.82) is 0 Å². The van der Waals surface area contributed by atoms with Gasteiger partial charge >= 0.3 is 12.7 Å². The number of carbonyl (C=O) groups excluding carboxylic acids is 1. The summed E-state index contributed by atoms with van der Waals surface area (Å²) in [5.74, 6) is -0.117. The quantitative estimate of drug-likeness (QED) is 0.416. The minimum absolute atomic E-state index is 0.117. The number of piperazine rings is 1. The summed E-state index contributed by atoms with van der Waals surface area (Å²) in [6.07, 6.45) is 3.47. The molecule has 0 N–H and O–H groups in total. The second-order valence-corrected chi connectivity index (χ2v) is 11.3. The number of fused-ring (bicyclic) bond motifs is 1. The van der Waals surface area contributed by atoms with Crippen LogP contribution in [0.1, 0.15) is 31.7 Å². The van der Waals surface area contributed by atoms with Gasteiger partial charge in [0.2, 0.25) is 0 Å². The van der Waals surface area contributed by atoms with Crippen molar-refractivity contribution >= 4 is 17.3 Å². The fourth-order valence-corrected chi connectivity index (χ4v) is 6.02. The van der Waals surface area contributed by atoms with Crippen LogP contribution in [0.15, 0.2) is 48.8 Å². The molecular weight excluding hydrogens is 532 g/mol. The Hall–Kier alpha value is -3.28. The molecule has 3 fully saturated rings. The molecule has 3 aromatic rings. The summed E-state index contributed by atoms with van der Waals surface area (Å²) >= 11 is 0. The van der Waals surface area contributed by atoms with Gasteiger partial charge in [0.1, 0.15) is 0 Å². The number of aromatic nitrogens is 2. The Labute approximate surface area is 238 Å². The molecule has 9 nitrogen and oxygen atoms in total. The maximum Gasteiger partial charge on any atom is 0.410 e. The summed E-state index contributed by atoms with van der Waals surface area (Å²) in [4.78, 5) is 18.8. The van der Waals surface area contributed by atoms with Gasteiger partial charge in [-0.25, -0.2) is 9.31 Å². The second kappa shape index (κ2) is 11.9. The van der Waals surface area contributed by atoms with E-state index in [1.54, 1.807) is 11.1 Å². The van der Waals surface area contributed by atoms with Crippen LogP contribution >= 0.6 is 0 Å². The van der Waals surface area contributed by atoms with Crippen LogP contribution in [0.4, 0.5) is 19.3 Å². The molecule has 1 aromatic carbocycles. The molecule has 6 rings (SSSR count). The van der Waals surface area contributed by atoms with Gasteiger partial charge in [-0.05, 0) is 43.5 Å². The molecular formula is C30H37F2N5O4. The maximum atomic E-state index is 13.2. The van der Waals surface area contributed by atoms with Crippen LogP contribution in [-0.4, -0.2) is 103 Å². The molecule has 11 heteroatoms. The van der Waals surface area contributed by atoms with Gasteiger partial charge in [-0.1, -0.05) is 24.3 Å². The van der Waals surface area contributed by atoms with Gasteiger partial charge in [0.25, 0.3) is 0 Å². The van der Waals surface area contributed by atoms with E-state index in [2.05, 4.69) is 46.9 Å². The minimum atomic E-state index is -2.78. The lowest BCUT2D eigenvalue weighted by atomic mass is 9.86. The highest BCUT2D eigenvalue weighted by Gasteiger charge is 2.34. The first kappa shape index (κ1) is 27.9. The van der Waals surface area contributed by atoms with E-state index >= 15 is 0 Å². The molecule has 5 heterocycles. The van der Waals surface area contributed by atoms with Crippen molar-refractivity contribution in [2.24, 2.45) is 0 Å². The first-order chi connectivity index (χ1) is 19.9. The first-order valence-corrected chi connectivity index (χ1v) is 14.4. The molecule has 0 aliphatic carbocycles.